The molecule has 0 aliphatic heterocycles. The standard InChI is InChI=1S/C22H36O3/c1-14(23)18-6-7-19-17-5-4-15-12-16(24)8-11-22(15,13-25-3)20(17)9-10-21(18,19)2/h15-20,24H,4-13H2,1-3H3/t15?,16?,17-,18+,19-,20-,21+,22+/m0/s1. The van der Waals surface area contributed by atoms with Crippen LogP contribution in [0.25, 0.3) is 0 Å². The van der Waals surface area contributed by atoms with Crippen LogP contribution in [0, 0.1) is 40.4 Å². The number of fused-ring (bicyclic) bond motifs is 5. The number of hydrogen-bond donors (Lipinski definition) is 1. The van der Waals surface area contributed by atoms with Crippen molar-refractivity contribution in [2.75, 3.05) is 13.7 Å². The SMILES string of the molecule is COC[C@]12CCC(O)CC1CC[C@@H]1[C@@H]2CC[C@]2(C)[C@@H](C(C)=O)CC[C@@H]12. The summed E-state index contributed by atoms with van der Waals surface area (Å²) in [6.07, 6.45) is 10.3. The van der Waals surface area contributed by atoms with Gasteiger partial charge >= 0.3 is 0 Å². The van der Waals surface area contributed by atoms with E-state index >= 15 is 0 Å². The fourth-order valence-corrected chi connectivity index (χ4v) is 8.24. The second-order valence-electron chi connectivity index (χ2n) is 10.0. The molecule has 4 saturated carbocycles. The number of ether oxygens (including phenoxy) is 1. The molecule has 142 valence electrons. The molecule has 0 saturated heterocycles. The van der Waals surface area contributed by atoms with Crippen molar-refractivity contribution in [3.63, 3.8) is 0 Å². The maximum Gasteiger partial charge on any atom is 0.133 e. The van der Waals surface area contributed by atoms with Gasteiger partial charge in [0.05, 0.1) is 12.7 Å². The zero-order chi connectivity index (χ0) is 17.8. The third kappa shape index (κ3) is 2.56. The Balaban J connectivity index is 1.64. The number of carbonyl (C=O) groups is 1. The van der Waals surface area contributed by atoms with Crippen LogP contribution in [0.5, 0.6) is 0 Å². The van der Waals surface area contributed by atoms with Gasteiger partial charge in [-0.2, -0.15) is 0 Å². The number of hydrogen-bond acceptors (Lipinski definition) is 3. The first-order chi connectivity index (χ1) is 11.9. The normalized spacial score (nSPS) is 52.2. The van der Waals surface area contributed by atoms with Crippen LogP contribution in [0.15, 0.2) is 0 Å². The van der Waals surface area contributed by atoms with Gasteiger partial charge in [-0.15, -0.1) is 0 Å². The number of aliphatic hydroxyl groups is 1. The van der Waals surface area contributed by atoms with E-state index < -0.39 is 0 Å². The summed E-state index contributed by atoms with van der Waals surface area (Å²) in [5.74, 6) is 3.58. The van der Waals surface area contributed by atoms with E-state index in [1.54, 1.807) is 0 Å². The number of rotatable bonds is 3. The summed E-state index contributed by atoms with van der Waals surface area (Å²) >= 11 is 0. The van der Waals surface area contributed by atoms with Crippen molar-refractivity contribution in [2.24, 2.45) is 40.4 Å². The van der Waals surface area contributed by atoms with Crippen LogP contribution in [0.1, 0.15) is 71.6 Å². The molecule has 0 heterocycles. The van der Waals surface area contributed by atoms with Gasteiger partial charge in [-0.1, -0.05) is 6.92 Å². The molecule has 0 aromatic rings. The minimum atomic E-state index is -0.103. The van der Waals surface area contributed by atoms with Crippen molar-refractivity contribution in [2.45, 2.75) is 77.7 Å². The first-order valence-corrected chi connectivity index (χ1v) is 10.6. The van der Waals surface area contributed by atoms with E-state index in [1.807, 2.05) is 14.0 Å². The molecule has 3 heteroatoms. The molecule has 1 N–H and O–H groups in total. The van der Waals surface area contributed by atoms with Gasteiger partial charge in [0.25, 0.3) is 0 Å². The molecule has 4 fully saturated rings. The van der Waals surface area contributed by atoms with Gasteiger partial charge in [0.2, 0.25) is 0 Å². The second kappa shape index (κ2) is 6.34. The van der Waals surface area contributed by atoms with Crippen molar-refractivity contribution in [1.29, 1.82) is 0 Å². The molecule has 0 amide bonds. The molecule has 25 heavy (non-hydrogen) atoms. The lowest BCUT2D eigenvalue weighted by Crippen LogP contribution is -2.57. The lowest BCUT2D eigenvalue weighted by atomic mass is 9.44. The first kappa shape index (κ1) is 18.0. The number of ketones is 1. The van der Waals surface area contributed by atoms with E-state index in [4.69, 9.17) is 4.74 Å². The summed E-state index contributed by atoms with van der Waals surface area (Å²) in [6, 6.07) is 0. The van der Waals surface area contributed by atoms with Gasteiger partial charge < -0.3 is 9.84 Å². The van der Waals surface area contributed by atoms with Crippen LogP contribution in [-0.2, 0) is 9.53 Å². The summed E-state index contributed by atoms with van der Waals surface area (Å²) in [6.45, 7) is 5.11. The fourth-order valence-electron chi connectivity index (χ4n) is 8.24. The summed E-state index contributed by atoms with van der Waals surface area (Å²) in [7, 11) is 1.86. The Morgan fingerprint density at radius 1 is 1.08 bits per heavy atom. The molecule has 2 unspecified atom stereocenters. The number of carbonyl (C=O) groups excluding carboxylic acids is 1. The third-order valence-corrected chi connectivity index (χ3v) is 9.24. The molecule has 4 rings (SSSR count). The van der Waals surface area contributed by atoms with Crippen molar-refractivity contribution >= 4 is 5.78 Å². The average molecular weight is 349 g/mol. The zero-order valence-electron chi connectivity index (χ0n) is 16.3. The fraction of sp³-hybridized carbons (Fsp3) is 0.955. The van der Waals surface area contributed by atoms with Crippen molar-refractivity contribution in [3.8, 4) is 0 Å². The predicted octanol–water partition coefficient (Wildman–Crippen LogP) is 4.22. The molecule has 0 spiro atoms. The van der Waals surface area contributed by atoms with Crippen LogP contribution >= 0.6 is 0 Å². The number of aliphatic hydroxyl groups excluding tert-OH is 1. The lowest BCUT2D eigenvalue weighted by molar-refractivity contribution is -0.160. The molecule has 3 nitrogen and oxygen atoms in total. The van der Waals surface area contributed by atoms with Crippen molar-refractivity contribution < 1.29 is 14.6 Å². The van der Waals surface area contributed by atoms with E-state index in [2.05, 4.69) is 6.92 Å². The molecule has 0 bridgehead atoms. The number of Topliss-reactive ketones (excluding diaryl/α,β-unsaturated/α-hetero) is 1. The van der Waals surface area contributed by atoms with Gasteiger partial charge in [0.15, 0.2) is 0 Å². The highest BCUT2D eigenvalue weighted by molar-refractivity contribution is 5.79. The van der Waals surface area contributed by atoms with Crippen LogP contribution in [0.2, 0.25) is 0 Å². The van der Waals surface area contributed by atoms with E-state index in [0.29, 0.717) is 17.6 Å². The Morgan fingerprint density at radius 3 is 2.60 bits per heavy atom. The largest absolute Gasteiger partial charge is 0.393 e. The third-order valence-electron chi connectivity index (χ3n) is 9.24. The summed E-state index contributed by atoms with van der Waals surface area (Å²) in [5.41, 5.74) is 0.523. The lowest BCUT2D eigenvalue weighted by Gasteiger charge is -2.61. The first-order valence-electron chi connectivity index (χ1n) is 10.6. The molecule has 0 aromatic heterocycles. The van der Waals surface area contributed by atoms with E-state index in [9.17, 15) is 9.90 Å². The van der Waals surface area contributed by atoms with Crippen molar-refractivity contribution in [1.82, 2.24) is 0 Å². The van der Waals surface area contributed by atoms with E-state index in [-0.39, 0.29) is 16.9 Å². The van der Waals surface area contributed by atoms with Gasteiger partial charge in [-0.05, 0) is 99.2 Å². The molecular formula is C22H36O3. The Morgan fingerprint density at radius 2 is 1.88 bits per heavy atom. The maximum absolute atomic E-state index is 12.2. The quantitative estimate of drug-likeness (QED) is 0.830. The topological polar surface area (TPSA) is 46.5 Å². The Kier molecular flexibility index (Phi) is 4.56. The highest BCUT2D eigenvalue weighted by Crippen LogP contribution is 2.67. The van der Waals surface area contributed by atoms with Crippen LogP contribution in [0.3, 0.4) is 0 Å². The van der Waals surface area contributed by atoms with Gasteiger partial charge in [-0.25, -0.2) is 0 Å². The highest BCUT2D eigenvalue weighted by atomic mass is 16.5. The van der Waals surface area contributed by atoms with Crippen molar-refractivity contribution in [3.05, 3.63) is 0 Å². The second-order valence-corrected chi connectivity index (χ2v) is 10.0. The molecule has 4 aliphatic carbocycles. The van der Waals surface area contributed by atoms with Crippen LogP contribution < -0.4 is 0 Å². The Bertz CT molecular complexity index is 531. The Labute approximate surface area is 152 Å². The Hall–Kier alpha value is -0.410. The van der Waals surface area contributed by atoms with Gasteiger partial charge in [-0.3, -0.25) is 4.79 Å². The predicted molar refractivity (Wildman–Crippen MR) is 98.1 cm³/mol. The zero-order valence-corrected chi connectivity index (χ0v) is 16.3. The molecular weight excluding hydrogens is 312 g/mol. The monoisotopic (exact) mass is 348 g/mol. The van der Waals surface area contributed by atoms with E-state index in [1.165, 1.54) is 32.1 Å². The molecule has 0 aromatic carbocycles. The molecule has 8 atom stereocenters. The molecule has 0 radical (unpaired) electrons. The minimum absolute atomic E-state index is 0.103. The van der Waals surface area contributed by atoms with Gasteiger partial charge in [0, 0.05) is 13.0 Å². The highest BCUT2D eigenvalue weighted by Gasteiger charge is 2.62. The molecule has 4 aliphatic rings. The van der Waals surface area contributed by atoms with E-state index in [0.717, 1.165) is 50.0 Å². The smallest absolute Gasteiger partial charge is 0.133 e. The van der Waals surface area contributed by atoms with Gasteiger partial charge in [0.1, 0.15) is 5.78 Å². The number of methoxy groups -OCH3 is 1. The summed E-state index contributed by atoms with van der Waals surface area (Å²) < 4.78 is 5.79. The summed E-state index contributed by atoms with van der Waals surface area (Å²) in [4.78, 5) is 12.2. The summed E-state index contributed by atoms with van der Waals surface area (Å²) in [5, 5.41) is 10.2. The van der Waals surface area contributed by atoms with Crippen LogP contribution in [0.4, 0.5) is 0 Å². The average Bonchev–Trinajstić information content (AvgIpc) is 2.93. The maximum atomic E-state index is 12.2. The minimum Gasteiger partial charge on any atom is -0.393 e. The van der Waals surface area contributed by atoms with Crippen LogP contribution in [-0.4, -0.2) is 30.7 Å².